The maximum atomic E-state index is 11.7. The maximum Gasteiger partial charge on any atom is 0.159 e. The molecule has 0 aromatic heterocycles. The zero-order valence-electron chi connectivity index (χ0n) is 10.4. The molecule has 1 aliphatic carbocycles. The molecule has 1 aliphatic rings. The summed E-state index contributed by atoms with van der Waals surface area (Å²) in [4.78, 5) is 11.7. The topological polar surface area (TPSA) is 17.1 Å². The number of hydrogen-bond donors (Lipinski definition) is 0. The lowest BCUT2D eigenvalue weighted by molar-refractivity contribution is -0.118. The molecular formula is C16H18O. The summed E-state index contributed by atoms with van der Waals surface area (Å²) in [5.74, 6) is 0.396. The van der Waals surface area contributed by atoms with Gasteiger partial charge in [-0.15, -0.1) is 0 Å². The Bertz CT molecular complexity index is 466. The molecule has 0 amide bonds. The minimum atomic E-state index is 0.125. The summed E-state index contributed by atoms with van der Waals surface area (Å²) in [5, 5.41) is 0. The molecule has 88 valence electrons. The molecule has 1 aromatic rings. The first-order chi connectivity index (χ1) is 8.20. The van der Waals surface area contributed by atoms with E-state index in [1.165, 1.54) is 16.7 Å². The number of carbonyl (C=O) groups is 1. The van der Waals surface area contributed by atoms with E-state index in [2.05, 4.69) is 25.1 Å². The summed E-state index contributed by atoms with van der Waals surface area (Å²) in [6.45, 7) is 4.11. The highest BCUT2D eigenvalue weighted by molar-refractivity contribution is 5.95. The summed E-state index contributed by atoms with van der Waals surface area (Å²) in [5.41, 5.74) is 3.71. The van der Waals surface area contributed by atoms with Crippen LogP contribution in [0.3, 0.4) is 0 Å². The van der Waals surface area contributed by atoms with E-state index in [0.29, 0.717) is 0 Å². The van der Waals surface area contributed by atoms with Crippen molar-refractivity contribution < 1.29 is 4.79 Å². The van der Waals surface area contributed by atoms with Gasteiger partial charge in [0.05, 0.1) is 0 Å². The average molecular weight is 226 g/mol. The van der Waals surface area contributed by atoms with Crippen LogP contribution in [0.2, 0.25) is 0 Å². The molecule has 17 heavy (non-hydrogen) atoms. The Labute approximate surface area is 103 Å². The van der Waals surface area contributed by atoms with Crippen LogP contribution < -0.4 is 0 Å². The van der Waals surface area contributed by atoms with Crippen LogP contribution in [0, 0.1) is 5.92 Å². The lowest BCUT2D eigenvalue weighted by atomic mass is 9.84. The van der Waals surface area contributed by atoms with Gasteiger partial charge in [-0.05, 0) is 35.6 Å². The Kier molecular flexibility index (Phi) is 3.58. The van der Waals surface area contributed by atoms with E-state index in [9.17, 15) is 4.79 Å². The molecule has 2 rings (SSSR count). The second-order valence-corrected chi connectivity index (χ2v) is 4.61. The van der Waals surface area contributed by atoms with Gasteiger partial charge in [-0.25, -0.2) is 0 Å². The molecule has 1 heteroatoms. The number of carbonyl (C=O) groups excluding carboxylic acids is 1. The van der Waals surface area contributed by atoms with Crippen molar-refractivity contribution in [3.63, 3.8) is 0 Å². The van der Waals surface area contributed by atoms with E-state index in [0.717, 1.165) is 12.8 Å². The minimum absolute atomic E-state index is 0.125. The molecule has 1 nitrogen and oxygen atoms in total. The second kappa shape index (κ2) is 5.13. The van der Waals surface area contributed by atoms with Crippen LogP contribution in [0.25, 0.3) is 6.08 Å². The normalized spacial score (nSPS) is 22.7. The third kappa shape index (κ3) is 2.73. The van der Waals surface area contributed by atoms with Crippen molar-refractivity contribution in [3.8, 4) is 0 Å². The van der Waals surface area contributed by atoms with Crippen molar-refractivity contribution in [1.82, 2.24) is 0 Å². The summed E-state index contributed by atoms with van der Waals surface area (Å²) >= 11 is 0. The molecule has 1 unspecified atom stereocenters. The van der Waals surface area contributed by atoms with Gasteiger partial charge in [0.1, 0.15) is 0 Å². The molecule has 0 saturated carbocycles. The van der Waals surface area contributed by atoms with Gasteiger partial charge in [0.2, 0.25) is 0 Å². The van der Waals surface area contributed by atoms with Crippen LogP contribution in [-0.4, -0.2) is 5.78 Å². The van der Waals surface area contributed by atoms with E-state index in [4.69, 9.17) is 0 Å². The fraction of sp³-hybridized carbons (Fsp3) is 0.312. The first-order valence-corrected chi connectivity index (χ1v) is 6.21. The Morgan fingerprint density at radius 2 is 2.00 bits per heavy atom. The molecule has 0 bridgehead atoms. The van der Waals surface area contributed by atoms with Crippen LogP contribution in [0.5, 0.6) is 0 Å². The van der Waals surface area contributed by atoms with Gasteiger partial charge in [0.15, 0.2) is 5.78 Å². The zero-order chi connectivity index (χ0) is 12.3. The first-order valence-electron chi connectivity index (χ1n) is 6.21. The van der Waals surface area contributed by atoms with Gasteiger partial charge >= 0.3 is 0 Å². The third-order valence-electron chi connectivity index (χ3n) is 3.26. The van der Waals surface area contributed by atoms with Crippen molar-refractivity contribution in [2.45, 2.75) is 26.7 Å². The number of rotatable bonds is 2. The molecular weight excluding hydrogens is 208 g/mol. The lowest BCUT2D eigenvalue weighted by Crippen LogP contribution is -2.15. The average Bonchev–Trinajstić information content (AvgIpc) is 2.35. The zero-order valence-corrected chi connectivity index (χ0v) is 10.4. The van der Waals surface area contributed by atoms with Crippen molar-refractivity contribution in [2.24, 2.45) is 5.92 Å². The molecule has 0 radical (unpaired) electrons. The van der Waals surface area contributed by atoms with Crippen LogP contribution in [0.15, 0.2) is 47.6 Å². The Morgan fingerprint density at radius 1 is 1.29 bits per heavy atom. The van der Waals surface area contributed by atoms with Crippen LogP contribution >= 0.6 is 0 Å². The van der Waals surface area contributed by atoms with Gasteiger partial charge in [0, 0.05) is 5.92 Å². The lowest BCUT2D eigenvalue weighted by Gasteiger charge is -2.20. The maximum absolute atomic E-state index is 11.7. The quantitative estimate of drug-likeness (QED) is 0.744. The summed E-state index contributed by atoms with van der Waals surface area (Å²) in [6.07, 6.45) is 5.83. The van der Waals surface area contributed by atoms with Crippen molar-refractivity contribution >= 4 is 11.9 Å². The largest absolute Gasteiger partial charge is 0.295 e. The second-order valence-electron chi connectivity index (χ2n) is 4.61. The number of hydrogen-bond acceptors (Lipinski definition) is 1. The van der Waals surface area contributed by atoms with Gasteiger partial charge in [-0.3, -0.25) is 4.79 Å². The van der Waals surface area contributed by atoms with E-state index in [-0.39, 0.29) is 11.7 Å². The molecule has 0 saturated heterocycles. The third-order valence-corrected chi connectivity index (χ3v) is 3.26. The van der Waals surface area contributed by atoms with E-state index in [1.54, 1.807) is 0 Å². The van der Waals surface area contributed by atoms with Crippen LogP contribution in [0.4, 0.5) is 0 Å². The van der Waals surface area contributed by atoms with Gasteiger partial charge < -0.3 is 0 Å². The molecule has 0 N–H and O–H groups in total. The predicted molar refractivity (Wildman–Crippen MR) is 71.6 cm³/mol. The van der Waals surface area contributed by atoms with Gasteiger partial charge in [-0.2, -0.15) is 0 Å². The standard InChI is InChI=1S/C16H18O/c1-3-14-11-16(17)12(2)9-15(14)10-13-7-5-4-6-8-13/h4-8,10-12H,3,9H2,1-2H3/b15-10+. The fourth-order valence-corrected chi connectivity index (χ4v) is 2.20. The number of ketones is 1. The summed E-state index contributed by atoms with van der Waals surface area (Å²) in [7, 11) is 0. The van der Waals surface area contributed by atoms with Crippen molar-refractivity contribution in [2.75, 3.05) is 0 Å². The highest BCUT2D eigenvalue weighted by Gasteiger charge is 2.20. The smallest absolute Gasteiger partial charge is 0.159 e. The van der Waals surface area contributed by atoms with Crippen molar-refractivity contribution in [1.29, 1.82) is 0 Å². The van der Waals surface area contributed by atoms with Crippen LogP contribution in [-0.2, 0) is 4.79 Å². The summed E-state index contributed by atoms with van der Waals surface area (Å²) in [6, 6.07) is 10.3. The minimum Gasteiger partial charge on any atom is -0.295 e. The first kappa shape index (κ1) is 11.8. The Morgan fingerprint density at radius 3 is 2.65 bits per heavy atom. The van der Waals surface area contributed by atoms with Crippen LogP contribution in [0.1, 0.15) is 32.3 Å². The Hall–Kier alpha value is -1.63. The van der Waals surface area contributed by atoms with E-state index >= 15 is 0 Å². The molecule has 0 spiro atoms. The predicted octanol–water partition coefficient (Wildman–Crippen LogP) is 4.02. The van der Waals surface area contributed by atoms with Gasteiger partial charge in [-0.1, -0.05) is 50.3 Å². The summed E-state index contributed by atoms with van der Waals surface area (Å²) < 4.78 is 0. The molecule has 1 aromatic carbocycles. The monoisotopic (exact) mass is 226 g/mol. The molecule has 0 heterocycles. The van der Waals surface area contributed by atoms with Gasteiger partial charge in [0.25, 0.3) is 0 Å². The molecule has 1 atom stereocenters. The number of benzene rings is 1. The Balaban J connectivity index is 2.35. The van der Waals surface area contributed by atoms with E-state index < -0.39 is 0 Å². The SMILES string of the molecule is CCC1=CC(=O)C(C)C/C1=C\c1ccccc1. The molecule has 0 fully saturated rings. The highest BCUT2D eigenvalue weighted by atomic mass is 16.1. The molecule has 0 aliphatic heterocycles. The van der Waals surface area contributed by atoms with E-state index in [1.807, 2.05) is 31.2 Å². The van der Waals surface area contributed by atoms with Crippen molar-refractivity contribution in [3.05, 3.63) is 53.1 Å². The highest BCUT2D eigenvalue weighted by Crippen LogP contribution is 2.29. The number of allylic oxidation sites excluding steroid dienone is 3. The fourth-order valence-electron chi connectivity index (χ4n) is 2.20.